The molecule has 6 heteroatoms. The number of hydrogen-bond donors (Lipinski definition) is 1. The zero-order valence-electron chi connectivity index (χ0n) is 12.1. The number of carbonyl (C=O) groups is 1. The first-order chi connectivity index (χ1) is 10.3. The molecule has 0 bridgehead atoms. The molecular weight excluding hydrogens is 293 g/mol. The van der Waals surface area contributed by atoms with Crippen LogP contribution >= 0.6 is 0 Å². The van der Waals surface area contributed by atoms with E-state index < -0.39 is 11.7 Å². The normalized spacial score (nSPS) is 11.1. The van der Waals surface area contributed by atoms with Gasteiger partial charge in [-0.2, -0.15) is 13.2 Å². The second-order valence-corrected chi connectivity index (χ2v) is 4.97. The lowest BCUT2D eigenvalue weighted by molar-refractivity contribution is -0.137. The Bertz CT molecular complexity index is 647. The van der Waals surface area contributed by atoms with E-state index in [0.29, 0.717) is 11.3 Å². The molecule has 0 aliphatic heterocycles. The molecule has 2 rings (SSSR count). The number of benzene rings is 2. The molecule has 0 aromatic heterocycles. The number of rotatable bonds is 3. The Morgan fingerprint density at radius 3 is 1.95 bits per heavy atom. The van der Waals surface area contributed by atoms with Crippen molar-refractivity contribution < 1.29 is 18.0 Å². The SMILES string of the molecule is CN(C)c1ccc(C(=O)Nc2ccc(C(F)(F)F)cc2)cc1. The van der Waals surface area contributed by atoms with Crippen LogP contribution in [0.25, 0.3) is 0 Å². The number of nitrogens with one attached hydrogen (secondary N) is 1. The number of nitrogens with zero attached hydrogens (tertiary/aromatic N) is 1. The summed E-state index contributed by atoms with van der Waals surface area (Å²) in [5, 5.41) is 2.57. The van der Waals surface area contributed by atoms with Gasteiger partial charge in [0.2, 0.25) is 0 Å². The monoisotopic (exact) mass is 308 g/mol. The molecule has 0 spiro atoms. The van der Waals surface area contributed by atoms with Gasteiger partial charge in [0, 0.05) is 31.0 Å². The topological polar surface area (TPSA) is 32.3 Å². The van der Waals surface area contributed by atoms with Gasteiger partial charge < -0.3 is 10.2 Å². The van der Waals surface area contributed by atoms with Crippen LogP contribution < -0.4 is 10.2 Å². The maximum atomic E-state index is 12.5. The highest BCUT2D eigenvalue weighted by Crippen LogP contribution is 2.29. The Labute approximate surface area is 126 Å². The predicted molar refractivity (Wildman–Crippen MR) is 80.2 cm³/mol. The van der Waals surface area contributed by atoms with E-state index in [1.165, 1.54) is 12.1 Å². The second-order valence-electron chi connectivity index (χ2n) is 4.97. The average Bonchev–Trinajstić information content (AvgIpc) is 2.47. The highest BCUT2D eigenvalue weighted by molar-refractivity contribution is 6.04. The van der Waals surface area contributed by atoms with E-state index in [4.69, 9.17) is 0 Å². The van der Waals surface area contributed by atoms with E-state index in [1.807, 2.05) is 19.0 Å². The Morgan fingerprint density at radius 2 is 1.50 bits per heavy atom. The van der Waals surface area contributed by atoms with Gasteiger partial charge in [0.25, 0.3) is 5.91 Å². The lowest BCUT2D eigenvalue weighted by Gasteiger charge is -2.13. The van der Waals surface area contributed by atoms with Gasteiger partial charge in [-0.15, -0.1) is 0 Å². The molecule has 0 aliphatic rings. The Morgan fingerprint density at radius 1 is 0.955 bits per heavy atom. The number of hydrogen-bond acceptors (Lipinski definition) is 2. The molecule has 0 heterocycles. The van der Waals surface area contributed by atoms with Gasteiger partial charge in [-0.3, -0.25) is 4.79 Å². The van der Waals surface area contributed by atoms with Crippen LogP contribution in [0.4, 0.5) is 24.5 Å². The van der Waals surface area contributed by atoms with Crippen LogP contribution in [0.3, 0.4) is 0 Å². The molecule has 22 heavy (non-hydrogen) atoms. The third-order valence-corrected chi connectivity index (χ3v) is 3.12. The first-order valence-electron chi connectivity index (χ1n) is 6.53. The van der Waals surface area contributed by atoms with Crippen molar-refractivity contribution in [1.29, 1.82) is 0 Å². The number of anilines is 2. The molecule has 116 valence electrons. The zero-order valence-corrected chi connectivity index (χ0v) is 12.1. The largest absolute Gasteiger partial charge is 0.416 e. The van der Waals surface area contributed by atoms with E-state index in [2.05, 4.69) is 5.32 Å². The van der Waals surface area contributed by atoms with E-state index in [1.54, 1.807) is 24.3 Å². The molecule has 0 radical (unpaired) electrons. The van der Waals surface area contributed by atoms with Crippen molar-refractivity contribution >= 4 is 17.3 Å². The summed E-state index contributed by atoms with van der Waals surface area (Å²) in [7, 11) is 3.77. The van der Waals surface area contributed by atoms with Crippen molar-refractivity contribution in [2.75, 3.05) is 24.3 Å². The van der Waals surface area contributed by atoms with Gasteiger partial charge in [-0.05, 0) is 48.5 Å². The van der Waals surface area contributed by atoms with Crippen molar-refractivity contribution in [1.82, 2.24) is 0 Å². The van der Waals surface area contributed by atoms with Gasteiger partial charge in [-0.1, -0.05) is 0 Å². The molecule has 0 fully saturated rings. The molecule has 0 atom stereocenters. The van der Waals surface area contributed by atoms with Crippen molar-refractivity contribution in [2.24, 2.45) is 0 Å². The van der Waals surface area contributed by atoms with Crippen molar-refractivity contribution in [3.63, 3.8) is 0 Å². The summed E-state index contributed by atoms with van der Waals surface area (Å²) in [6, 6.07) is 11.2. The summed E-state index contributed by atoms with van der Waals surface area (Å²) in [5.74, 6) is -0.370. The molecule has 3 nitrogen and oxygen atoms in total. The molecule has 1 N–H and O–H groups in total. The Balaban J connectivity index is 2.08. The Kier molecular flexibility index (Phi) is 4.40. The fraction of sp³-hybridized carbons (Fsp3) is 0.188. The fourth-order valence-corrected chi connectivity index (χ4v) is 1.86. The molecular formula is C16H15F3N2O. The lowest BCUT2D eigenvalue weighted by Crippen LogP contribution is -2.13. The minimum Gasteiger partial charge on any atom is -0.378 e. The van der Waals surface area contributed by atoms with Gasteiger partial charge in [0.1, 0.15) is 0 Å². The van der Waals surface area contributed by atoms with Crippen molar-refractivity contribution in [2.45, 2.75) is 6.18 Å². The average molecular weight is 308 g/mol. The van der Waals surface area contributed by atoms with Gasteiger partial charge in [0.05, 0.1) is 5.56 Å². The molecule has 1 amide bonds. The van der Waals surface area contributed by atoms with Crippen LogP contribution in [-0.4, -0.2) is 20.0 Å². The molecule has 0 saturated heterocycles. The van der Waals surface area contributed by atoms with Crippen LogP contribution in [0, 0.1) is 0 Å². The molecule has 2 aromatic rings. The lowest BCUT2D eigenvalue weighted by atomic mass is 10.1. The van der Waals surface area contributed by atoms with Gasteiger partial charge in [0.15, 0.2) is 0 Å². The number of amides is 1. The molecule has 0 aliphatic carbocycles. The standard InChI is InChI=1S/C16H15F3N2O/c1-21(2)14-9-3-11(4-10-14)15(22)20-13-7-5-12(6-8-13)16(17,18)19/h3-10H,1-2H3,(H,20,22). The number of carbonyl (C=O) groups excluding carboxylic acids is 1. The summed E-state index contributed by atoms with van der Waals surface area (Å²) in [5.41, 5.74) is 0.951. The first-order valence-corrected chi connectivity index (χ1v) is 6.53. The van der Waals surface area contributed by atoms with E-state index >= 15 is 0 Å². The van der Waals surface area contributed by atoms with E-state index in [9.17, 15) is 18.0 Å². The quantitative estimate of drug-likeness (QED) is 0.928. The summed E-state index contributed by atoms with van der Waals surface area (Å²) >= 11 is 0. The van der Waals surface area contributed by atoms with Crippen molar-refractivity contribution in [3.8, 4) is 0 Å². The third-order valence-electron chi connectivity index (χ3n) is 3.12. The van der Waals surface area contributed by atoms with E-state index in [0.717, 1.165) is 17.8 Å². The van der Waals surface area contributed by atoms with Crippen LogP contribution in [0.2, 0.25) is 0 Å². The van der Waals surface area contributed by atoms with Crippen LogP contribution in [0.1, 0.15) is 15.9 Å². The smallest absolute Gasteiger partial charge is 0.378 e. The zero-order chi connectivity index (χ0) is 16.3. The predicted octanol–water partition coefficient (Wildman–Crippen LogP) is 4.02. The Hall–Kier alpha value is -2.50. The number of alkyl halides is 3. The van der Waals surface area contributed by atoms with Crippen molar-refractivity contribution in [3.05, 3.63) is 59.7 Å². The highest BCUT2D eigenvalue weighted by atomic mass is 19.4. The van der Waals surface area contributed by atoms with Gasteiger partial charge in [-0.25, -0.2) is 0 Å². The molecule has 0 unspecified atom stereocenters. The molecule has 0 saturated carbocycles. The first kappa shape index (κ1) is 15.9. The van der Waals surface area contributed by atoms with E-state index in [-0.39, 0.29) is 5.91 Å². The third kappa shape index (κ3) is 3.78. The maximum Gasteiger partial charge on any atom is 0.416 e. The minimum atomic E-state index is -4.38. The highest BCUT2D eigenvalue weighted by Gasteiger charge is 2.29. The molecule has 2 aromatic carbocycles. The number of halogens is 3. The fourth-order valence-electron chi connectivity index (χ4n) is 1.86. The summed E-state index contributed by atoms with van der Waals surface area (Å²) in [6.07, 6.45) is -4.38. The van der Waals surface area contributed by atoms with Gasteiger partial charge >= 0.3 is 6.18 Å². The summed E-state index contributed by atoms with van der Waals surface area (Å²) in [6.45, 7) is 0. The van der Waals surface area contributed by atoms with Crippen LogP contribution in [-0.2, 0) is 6.18 Å². The van der Waals surface area contributed by atoms with Crippen LogP contribution in [0.5, 0.6) is 0 Å². The second kappa shape index (κ2) is 6.09. The summed E-state index contributed by atoms with van der Waals surface area (Å²) < 4.78 is 37.4. The summed E-state index contributed by atoms with van der Waals surface area (Å²) in [4.78, 5) is 13.9. The maximum absolute atomic E-state index is 12.5. The minimum absolute atomic E-state index is 0.315. The van der Waals surface area contributed by atoms with Crippen LogP contribution in [0.15, 0.2) is 48.5 Å².